The van der Waals surface area contributed by atoms with Gasteiger partial charge in [0.25, 0.3) is 0 Å². The first-order chi connectivity index (χ1) is 19.5. The minimum atomic E-state index is -1.25. The van der Waals surface area contributed by atoms with Gasteiger partial charge in [-0.3, -0.25) is 4.79 Å². The van der Waals surface area contributed by atoms with Gasteiger partial charge >= 0.3 is 11.9 Å². The van der Waals surface area contributed by atoms with Crippen molar-refractivity contribution in [2.24, 2.45) is 18.9 Å². The molecule has 0 saturated carbocycles. The summed E-state index contributed by atoms with van der Waals surface area (Å²) in [6.45, 7) is 5.30. The molecule has 214 valence electrons. The van der Waals surface area contributed by atoms with Crippen LogP contribution in [0.5, 0.6) is 0 Å². The zero-order valence-corrected chi connectivity index (χ0v) is 23.2. The highest BCUT2D eigenvalue weighted by atomic mass is 19.1. The molecule has 0 bridgehead atoms. The van der Waals surface area contributed by atoms with Crippen LogP contribution in [0.2, 0.25) is 0 Å². The van der Waals surface area contributed by atoms with Crippen LogP contribution in [0.3, 0.4) is 0 Å². The monoisotopic (exact) mass is 562 g/mol. The Kier molecular flexibility index (Phi) is 7.53. The van der Waals surface area contributed by atoms with E-state index in [-0.39, 0.29) is 29.6 Å². The van der Waals surface area contributed by atoms with Crippen LogP contribution in [-0.2, 0) is 34.3 Å². The lowest BCUT2D eigenvalue weighted by Crippen LogP contribution is -2.43. The van der Waals surface area contributed by atoms with Gasteiger partial charge < -0.3 is 24.2 Å². The van der Waals surface area contributed by atoms with Gasteiger partial charge in [-0.2, -0.15) is 0 Å². The Hall–Kier alpha value is -4.67. The summed E-state index contributed by atoms with van der Waals surface area (Å²) in [5, 5.41) is 14.8. The number of anilines is 1. The van der Waals surface area contributed by atoms with Crippen molar-refractivity contribution in [2.75, 3.05) is 11.6 Å². The Morgan fingerprint density at radius 2 is 1.95 bits per heavy atom. The van der Waals surface area contributed by atoms with Crippen molar-refractivity contribution >= 4 is 34.4 Å². The second kappa shape index (κ2) is 11.1. The number of benzene rings is 2. The number of amides is 1. The molecule has 2 aromatic carbocycles. The van der Waals surface area contributed by atoms with Gasteiger partial charge in [0.1, 0.15) is 23.5 Å². The number of carboxylic acids is 1. The summed E-state index contributed by atoms with van der Waals surface area (Å²) in [4.78, 5) is 48.5. The molecule has 3 heterocycles. The molecule has 0 spiro atoms. The van der Waals surface area contributed by atoms with Crippen LogP contribution in [0.25, 0.3) is 10.9 Å². The van der Waals surface area contributed by atoms with Crippen LogP contribution >= 0.6 is 0 Å². The smallest absolute Gasteiger partial charge is 0.358 e. The van der Waals surface area contributed by atoms with Crippen LogP contribution in [0.4, 0.5) is 10.1 Å². The van der Waals surface area contributed by atoms with Crippen molar-refractivity contribution < 1.29 is 33.1 Å². The van der Waals surface area contributed by atoms with Crippen LogP contribution in [0.1, 0.15) is 53.2 Å². The van der Waals surface area contributed by atoms with Crippen LogP contribution < -0.4 is 10.4 Å². The zero-order valence-electron chi connectivity index (χ0n) is 23.2. The van der Waals surface area contributed by atoms with Gasteiger partial charge in [0.2, 0.25) is 11.8 Å². The molecule has 4 aromatic rings. The predicted molar refractivity (Wildman–Crippen MR) is 148 cm³/mol. The number of hydrogen-bond acceptors (Lipinski definition) is 7. The Morgan fingerprint density at radius 3 is 2.66 bits per heavy atom. The summed E-state index contributed by atoms with van der Waals surface area (Å²) in [6.07, 6.45) is 2.66. The highest BCUT2D eigenvalue weighted by Crippen LogP contribution is 2.31. The maximum absolute atomic E-state index is 13.7. The van der Waals surface area contributed by atoms with Gasteiger partial charge in [0.15, 0.2) is 5.69 Å². The fourth-order valence-electron chi connectivity index (χ4n) is 5.32. The summed E-state index contributed by atoms with van der Waals surface area (Å²) in [6, 6.07) is 11.1. The summed E-state index contributed by atoms with van der Waals surface area (Å²) < 4.78 is 21.3. The summed E-state index contributed by atoms with van der Waals surface area (Å²) in [7, 11) is 1.91. The molecule has 1 aliphatic rings. The van der Waals surface area contributed by atoms with E-state index in [9.17, 15) is 23.9 Å². The Morgan fingerprint density at radius 1 is 1.20 bits per heavy atom. The van der Waals surface area contributed by atoms with Crippen molar-refractivity contribution in [2.45, 2.75) is 39.7 Å². The molecular weight excluding hydrogens is 531 g/mol. The molecular formula is C30H31FN4O6. The third kappa shape index (κ3) is 5.52. The molecule has 0 saturated heterocycles. The molecule has 0 unspecified atom stereocenters. The number of hydroxylamine groups is 1. The van der Waals surface area contributed by atoms with Crippen LogP contribution in [-0.4, -0.2) is 39.0 Å². The SMILES string of the molecule is Cc1oc([C@@H](Cc2cn(C)c3ccccc23)NC(=O)[C@@H](C(=O)ON2CCc3cc(F)ccc32)C(C)C)nc1C(=O)O. The molecule has 5 rings (SSSR count). The van der Waals surface area contributed by atoms with Crippen molar-refractivity contribution in [3.63, 3.8) is 0 Å². The van der Waals surface area contributed by atoms with E-state index < -0.39 is 35.7 Å². The molecule has 0 aliphatic carbocycles. The largest absolute Gasteiger partial charge is 0.476 e. The Balaban J connectivity index is 1.42. The lowest BCUT2D eigenvalue weighted by molar-refractivity contribution is -0.155. The van der Waals surface area contributed by atoms with E-state index in [0.29, 0.717) is 24.2 Å². The average molecular weight is 563 g/mol. The zero-order chi connectivity index (χ0) is 29.4. The van der Waals surface area contributed by atoms with Gasteiger partial charge in [-0.1, -0.05) is 32.0 Å². The van der Waals surface area contributed by atoms with E-state index in [0.717, 1.165) is 16.5 Å². The highest BCUT2D eigenvalue weighted by Gasteiger charge is 2.37. The first-order valence-electron chi connectivity index (χ1n) is 13.3. The number of rotatable bonds is 9. The van der Waals surface area contributed by atoms with Gasteiger partial charge in [0.05, 0.1) is 12.2 Å². The number of carbonyl (C=O) groups is 3. The second-order valence-electron chi connectivity index (χ2n) is 10.6. The molecule has 10 nitrogen and oxygen atoms in total. The van der Waals surface area contributed by atoms with E-state index in [1.165, 1.54) is 24.1 Å². The fraction of sp³-hybridized carbons (Fsp3) is 0.333. The number of hydrogen-bond donors (Lipinski definition) is 2. The lowest BCUT2D eigenvalue weighted by atomic mass is 9.94. The fourth-order valence-corrected chi connectivity index (χ4v) is 5.32. The molecule has 11 heteroatoms. The normalized spacial score (nSPS) is 14.2. The van der Waals surface area contributed by atoms with Gasteiger partial charge in [-0.05, 0) is 54.7 Å². The van der Waals surface area contributed by atoms with E-state index in [1.807, 2.05) is 42.1 Å². The highest BCUT2D eigenvalue weighted by molar-refractivity contribution is 5.98. The van der Waals surface area contributed by atoms with Crippen molar-refractivity contribution in [1.29, 1.82) is 0 Å². The second-order valence-corrected chi connectivity index (χ2v) is 10.6. The Labute approximate surface area is 235 Å². The van der Waals surface area contributed by atoms with Crippen LogP contribution in [0.15, 0.2) is 53.1 Å². The molecule has 1 amide bonds. The standard InChI is InChI=1S/C30H31FN4O6/c1-16(2)25(30(39)41-35-12-11-18-13-20(31)9-10-23(18)35)27(36)32-22(28-33-26(29(37)38)17(3)40-28)14-19-15-34(4)24-8-6-5-7-21(19)24/h5-10,13,15-16,22,25H,11-12,14H2,1-4H3,(H,32,36)(H,37,38)/t22-,25+/m1/s1. The van der Waals surface area contributed by atoms with Crippen molar-refractivity contribution in [3.8, 4) is 0 Å². The lowest BCUT2D eigenvalue weighted by Gasteiger charge is -2.25. The number of aryl methyl sites for hydroxylation is 2. The van der Waals surface area contributed by atoms with E-state index >= 15 is 0 Å². The number of aromatic carboxylic acids is 1. The number of carboxylic acid groups (broad SMARTS) is 1. The van der Waals surface area contributed by atoms with Crippen molar-refractivity contribution in [1.82, 2.24) is 14.9 Å². The van der Waals surface area contributed by atoms with Gasteiger partial charge in [-0.25, -0.2) is 24.0 Å². The number of fused-ring (bicyclic) bond motifs is 2. The third-order valence-electron chi connectivity index (χ3n) is 7.33. The van der Waals surface area contributed by atoms with E-state index in [4.69, 9.17) is 9.25 Å². The minimum Gasteiger partial charge on any atom is -0.476 e. The first kappa shape index (κ1) is 27.9. The van der Waals surface area contributed by atoms with Crippen molar-refractivity contribution in [3.05, 3.63) is 83.0 Å². The number of carbonyl (C=O) groups excluding carboxylic acids is 2. The average Bonchev–Trinajstić information content (AvgIpc) is 3.59. The van der Waals surface area contributed by atoms with Gasteiger partial charge in [-0.15, -0.1) is 0 Å². The first-order valence-corrected chi connectivity index (χ1v) is 13.3. The summed E-state index contributed by atoms with van der Waals surface area (Å²) >= 11 is 0. The predicted octanol–water partition coefficient (Wildman–Crippen LogP) is 4.51. The molecule has 0 radical (unpaired) electrons. The van der Waals surface area contributed by atoms with Gasteiger partial charge in [0, 0.05) is 30.6 Å². The third-order valence-corrected chi connectivity index (χ3v) is 7.33. The minimum absolute atomic E-state index is 0.0209. The number of oxazole rings is 1. The topological polar surface area (TPSA) is 127 Å². The molecule has 2 atom stereocenters. The Bertz CT molecular complexity index is 1640. The molecule has 41 heavy (non-hydrogen) atoms. The van der Waals surface area contributed by atoms with E-state index in [2.05, 4.69) is 10.3 Å². The summed E-state index contributed by atoms with van der Waals surface area (Å²) in [5.74, 6) is -4.49. The number of para-hydroxylation sites is 1. The quantitative estimate of drug-likeness (QED) is 0.286. The molecule has 2 aromatic heterocycles. The number of nitrogens with one attached hydrogen (secondary N) is 1. The maximum Gasteiger partial charge on any atom is 0.358 e. The summed E-state index contributed by atoms with van der Waals surface area (Å²) in [5.41, 5.74) is 2.91. The molecule has 1 aliphatic heterocycles. The number of aromatic nitrogens is 2. The van der Waals surface area contributed by atoms with Crippen LogP contribution in [0, 0.1) is 24.6 Å². The molecule has 2 N–H and O–H groups in total. The maximum atomic E-state index is 13.7. The number of nitrogens with zero attached hydrogens (tertiary/aromatic N) is 3. The molecule has 0 fully saturated rings. The van der Waals surface area contributed by atoms with E-state index in [1.54, 1.807) is 19.9 Å². The number of halogens is 1.